The molecule has 0 spiro atoms. The highest BCUT2D eigenvalue weighted by atomic mass is 32.1. The van der Waals surface area contributed by atoms with E-state index in [9.17, 15) is 20.2 Å². The summed E-state index contributed by atoms with van der Waals surface area (Å²) in [6.45, 7) is 2.31. The third kappa shape index (κ3) is 5.52. The summed E-state index contributed by atoms with van der Waals surface area (Å²) < 4.78 is 5.09. The lowest BCUT2D eigenvalue weighted by Gasteiger charge is -2.05. The summed E-state index contributed by atoms with van der Waals surface area (Å²) in [7, 11) is 0. The molecule has 0 aliphatic heterocycles. The monoisotopic (exact) mass is 434 g/mol. The minimum Gasteiger partial charge on any atom is -0.462 e. The van der Waals surface area contributed by atoms with E-state index in [0.717, 1.165) is 12.0 Å². The molecule has 1 heterocycles. The summed E-state index contributed by atoms with van der Waals surface area (Å²) in [6.07, 6.45) is 2.30. The average molecular weight is 434 g/mol. The van der Waals surface area contributed by atoms with Gasteiger partial charge in [0.2, 0.25) is 0 Å². The van der Waals surface area contributed by atoms with Crippen LogP contribution in [0.15, 0.2) is 60.1 Å². The van der Waals surface area contributed by atoms with E-state index in [1.807, 2.05) is 6.92 Å². The lowest BCUT2D eigenvalue weighted by molar-refractivity contribution is -0.384. The Bertz CT molecular complexity index is 1150. The van der Waals surface area contributed by atoms with Gasteiger partial charge in [0.1, 0.15) is 16.6 Å². The quantitative estimate of drug-likeness (QED) is 0.222. The maximum absolute atomic E-state index is 11.8. The van der Waals surface area contributed by atoms with E-state index in [1.165, 1.54) is 23.5 Å². The summed E-state index contributed by atoms with van der Waals surface area (Å²) >= 11 is 1.30. The van der Waals surface area contributed by atoms with Crippen molar-refractivity contribution in [3.63, 3.8) is 0 Å². The van der Waals surface area contributed by atoms with Crippen molar-refractivity contribution in [1.82, 2.24) is 4.98 Å². The van der Waals surface area contributed by atoms with Gasteiger partial charge in [-0.3, -0.25) is 10.1 Å². The van der Waals surface area contributed by atoms with Crippen LogP contribution < -0.4 is 5.32 Å². The van der Waals surface area contributed by atoms with Gasteiger partial charge in [-0.05, 0) is 42.8 Å². The Morgan fingerprint density at radius 2 is 1.97 bits per heavy atom. The number of rotatable bonds is 8. The first-order valence-corrected chi connectivity index (χ1v) is 10.2. The van der Waals surface area contributed by atoms with Crippen LogP contribution in [0.25, 0.3) is 16.8 Å². The van der Waals surface area contributed by atoms with Crippen LogP contribution in [0.1, 0.15) is 28.7 Å². The molecule has 3 rings (SSSR count). The molecule has 31 heavy (non-hydrogen) atoms. The number of benzene rings is 2. The summed E-state index contributed by atoms with van der Waals surface area (Å²) in [4.78, 5) is 26.6. The Morgan fingerprint density at radius 3 is 2.58 bits per heavy atom. The number of nitro benzene ring substituents is 1. The number of carbonyl (C=O) groups is 1. The van der Waals surface area contributed by atoms with Crippen molar-refractivity contribution in [3.05, 3.63) is 80.8 Å². The molecule has 0 aliphatic rings. The molecule has 1 N–H and O–H groups in total. The summed E-state index contributed by atoms with van der Waals surface area (Å²) in [5.41, 5.74) is 2.85. The number of hydrogen-bond donors (Lipinski definition) is 1. The zero-order valence-electron chi connectivity index (χ0n) is 16.6. The third-order valence-corrected chi connectivity index (χ3v) is 5.05. The van der Waals surface area contributed by atoms with Crippen molar-refractivity contribution in [3.8, 4) is 17.3 Å². The molecular formula is C22H18N4O4S. The standard InChI is InChI=1S/C22H18N4O4S/c1-2-11-30-22(27)16-3-7-18(8-4-16)24-13-17(12-23)21-25-20(14-31-21)15-5-9-19(10-6-15)26(28)29/h3-10,13-14,24H,2,11H2,1H3/b17-13+. The predicted molar refractivity (Wildman–Crippen MR) is 118 cm³/mol. The van der Waals surface area contributed by atoms with E-state index >= 15 is 0 Å². The Kier molecular flexibility index (Phi) is 7.09. The number of thiazole rings is 1. The normalized spacial score (nSPS) is 10.9. The van der Waals surface area contributed by atoms with Gasteiger partial charge in [0.15, 0.2) is 0 Å². The number of nitriles is 1. The van der Waals surface area contributed by atoms with Crippen molar-refractivity contribution in [1.29, 1.82) is 5.26 Å². The number of esters is 1. The topological polar surface area (TPSA) is 118 Å². The zero-order chi connectivity index (χ0) is 22.2. The highest BCUT2D eigenvalue weighted by Gasteiger charge is 2.11. The average Bonchev–Trinajstić information content (AvgIpc) is 3.28. The van der Waals surface area contributed by atoms with Gasteiger partial charge in [0, 0.05) is 35.0 Å². The Hall–Kier alpha value is -4.03. The van der Waals surface area contributed by atoms with Crippen molar-refractivity contribution in [2.75, 3.05) is 11.9 Å². The van der Waals surface area contributed by atoms with Crippen LogP contribution in [0.3, 0.4) is 0 Å². The van der Waals surface area contributed by atoms with Crippen LogP contribution in [0.4, 0.5) is 11.4 Å². The number of ether oxygens (including phenoxy) is 1. The summed E-state index contributed by atoms with van der Waals surface area (Å²) in [5, 5.41) is 25.6. The molecule has 0 aliphatic carbocycles. The Balaban J connectivity index is 1.70. The van der Waals surface area contributed by atoms with Crippen LogP contribution in [0.2, 0.25) is 0 Å². The highest BCUT2D eigenvalue weighted by Crippen LogP contribution is 2.27. The fraction of sp³-hybridized carbons (Fsp3) is 0.136. The Morgan fingerprint density at radius 1 is 1.26 bits per heavy atom. The van der Waals surface area contributed by atoms with Crippen molar-refractivity contribution >= 4 is 34.3 Å². The van der Waals surface area contributed by atoms with E-state index in [-0.39, 0.29) is 11.7 Å². The number of allylic oxidation sites excluding steroid dienone is 1. The summed E-state index contributed by atoms with van der Waals surface area (Å²) in [5.74, 6) is -0.372. The SMILES string of the molecule is CCCOC(=O)c1ccc(N/C=C(\C#N)c2nc(-c3ccc([N+](=O)[O-])cc3)cs2)cc1. The Labute approximate surface area is 182 Å². The van der Waals surface area contributed by atoms with Gasteiger partial charge in [-0.1, -0.05) is 6.92 Å². The molecule has 0 saturated heterocycles. The van der Waals surface area contributed by atoms with Crippen molar-refractivity contribution in [2.45, 2.75) is 13.3 Å². The van der Waals surface area contributed by atoms with E-state index in [1.54, 1.807) is 48.0 Å². The largest absolute Gasteiger partial charge is 0.462 e. The first-order valence-electron chi connectivity index (χ1n) is 9.36. The maximum atomic E-state index is 11.8. The number of nitrogens with zero attached hydrogens (tertiary/aromatic N) is 3. The number of anilines is 1. The highest BCUT2D eigenvalue weighted by molar-refractivity contribution is 7.11. The molecule has 3 aromatic rings. The molecule has 156 valence electrons. The van der Waals surface area contributed by atoms with E-state index < -0.39 is 4.92 Å². The van der Waals surface area contributed by atoms with Crippen LogP contribution in [-0.4, -0.2) is 22.5 Å². The maximum Gasteiger partial charge on any atom is 0.338 e. The molecule has 0 radical (unpaired) electrons. The second-order valence-electron chi connectivity index (χ2n) is 6.37. The molecule has 0 bridgehead atoms. The van der Waals surface area contributed by atoms with Crippen LogP contribution in [0.5, 0.6) is 0 Å². The third-order valence-electron chi connectivity index (χ3n) is 4.17. The lowest BCUT2D eigenvalue weighted by atomic mass is 10.1. The van der Waals surface area contributed by atoms with Crippen LogP contribution in [-0.2, 0) is 4.74 Å². The summed E-state index contributed by atoms with van der Waals surface area (Å²) in [6, 6.07) is 14.9. The van der Waals surface area contributed by atoms with Gasteiger partial charge < -0.3 is 10.1 Å². The van der Waals surface area contributed by atoms with Crippen LogP contribution >= 0.6 is 11.3 Å². The predicted octanol–water partition coefficient (Wildman–Crippen LogP) is 5.26. The van der Waals surface area contributed by atoms with Gasteiger partial charge in [-0.2, -0.15) is 5.26 Å². The molecule has 0 fully saturated rings. The number of nitrogens with one attached hydrogen (secondary N) is 1. The minimum atomic E-state index is -0.459. The molecule has 0 unspecified atom stereocenters. The molecule has 9 heteroatoms. The number of aromatic nitrogens is 1. The van der Waals surface area contributed by atoms with Gasteiger partial charge in [-0.25, -0.2) is 9.78 Å². The van der Waals surface area contributed by atoms with Gasteiger partial charge in [0.05, 0.1) is 22.8 Å². The van der Waals surface area contributed by atoms with Gasteiger partial charge in [0.25, 0.3) is 5.69 Å². The van der Waals surface area contributed by atoms with Crippen molar-refractivity contribution < 1.29 is 14.5 Å². The molecule has 2 aromatic carbocycles. The van der Waals surface area contributed by atoms with Crippen molar-refractivity contribution in [2.24, 2.45) is 0 Å². The molecule has 0 saturated carbocycles. The fourth-order valence-electron chi connectivity index (χ4n) is 2.56. The first kappa shape index (κ1) is 21.7. The second kappa shape index (κ2) is 10.1. The molecule has 0 amide bonds. The van der Waals surface area contributed by atoms with Gasteiger partial charge in [-0.15, -0.1) is 11.3 Å². The van der Waals surface area contributed by atoms with Crippen LogP contribution in [0, 0.1) is 21.4 Å². The molecule has 8 nitrogen and oxygen atoms in total. The molecular weight excluding hydrogens is 416 g/mol. The number of carbonyl (C=O) groups excluding carboxylic acids is 1. The second-order valence-corrected chi connectivity index (χ2v) is 7.23. The van der Waals surface area contributed by atoms with E-state index in [2.05, 4.69) is 16.4 Å². The minimum absolute atomic E-state index is 0.00524. The fourth-order valence-corrected chi connectivity index (χ4v) is 3.36. The molecule has 1 aromatic heterocycles. The van der Waals surface area contributed by atoms with Gasteiger partial charge >= 0.3 is 5.97 Å². The lowest BCUT2D eigenvalue weighted by Crippen LogP contribution is -2.05. The zero-order valence-corrected chi connectivity index (χ0v) is 17.4. The number of nitro groups is 1. The number of hydrogen-bond acceptors (Lipinski definition) is 8. The smallest absolute Gasteiger partial charge is 0.338 e. The van der Waals surface area contributed by atoms with E-state index in [4.69, 9.17) is 4.74 Å². The van der Waals surface area contributed by atoms with E-state index in [0.29, 0.717) is 34.1 Å². The first-order chi connectivity index (χ1) is 15.0. The number of non-ortho nitro benzene ring substituents is 1. The molecule has 0 atom stereocenters.